The summed E-state index contributed by atoms with van der Waals surface area (Å²) < 4.78 is 22.5. The molecule has 0 heterocycles. The molecule has 160 valence electrons. The average molecular weight is 526 g/mol. The zero-order chi connectivity index (χ0) is 20.3. The van der Waals surface area contributed by atoms with E-state index in [1.807, 2.05) is 13.8 Å². The molecule has 1 aromatic carbocycles. The molecule has 0 radical (unpaired) electrons. The van der Waals surface area contributed by atoms with Crippen LogP contribution in [0.1, 0.15) is 38.7 Å². The summed E-state index contributed by atoms with van der Waals surface area (Å²) in [5, 5.41) is 17.0. The maximum Gasteiger partial charge on any atom is 0.269 e. The molecule has 1 atom stereocenters. The van der Waals surface area contributed by atoms with Gasteiger partial charge in [0.1, 0.15) is 9.84 Å². The maximum absolute atomic E-state index is 11.3. The topological polar surface area (TPSA) is 114 Å². The third-order valence-corrected chi connectivity index (χ3v) is 4.92. The zero-order valence-corrected chi connectivity index (χ0v) is 19.8. The minimum absolute atomic E-state index is 0. The molecule has 0 saturated carbocycles. The first-order valence-electron chi connectivity index (χ1n) is 9.17. The molecule has 0 fully saturated rings. The molecule has 2 N–H and O–H groups in total. The normalized spacial score (nSPS) is 12.8. The van der Waals surface area contributed by atoms with Gasteiger partial charge in [0.25, 0.3) is 5.69 Å². The van der Waals surface area contributed by atoms with Gasteiger partial charge in [-0.05, 0) is 45.1 Å². The molecule has 0 bridgehead atoms. The highest BCUT2D eigenvalue weighted by molar-refractivity contribution is 14.0. The number of aliphatic imine (C=N–C) groups is 1. The second-order valence-electron chi connectivity index (χ2n) is 6.61. The summed E-state index contributed by atoms with van der Waals surface area (Å²) in [5.74, 6) is 0.837. The van der Waals surface area contributed by atoms with E-state index >= 15 is 0 Å². The van der Waals surface area contributed by atoms with E-state index in [0.717, 1.165) is 31.4 Å². The average Bonchev–Trinajstić information content (AvgIpc) is 2.59. The van der Waals surface area contributed by atoms with Crippen LogP contribution in [0, 0.1) is 10.1 Å². The van der Waals surface area contributed by atoms with Crippen LogP contribution in [-0.4, -0.2) is 50.4 Å². The van der Waals surface area contributed by atoms with Gasteiger partial charge in [0.2, 0.25) is 0 Å². The Balaban J connectivity index is 0.00000729. The lowest BCUT2D eigenvalue weighted by atomic mass is 10.1. The summed E-state index contributed by atoms with van der Waals surface area (Å²) in [6.45, 7) is 5.30. The summed E-state index contributed by atoms with van der Waals surface area (Å²) >= 11 is 0. The fraction of sp³-hybridized carbons (Fsp3) is 0.611. The predicted octanol–water partition coefficient (Wildman–Crippen LogP) is 2.91. The Morgan fingerprint density at radius 2 is 1.89 bits per heavy atom. The summed E-state index contributed by atoms with van der Waals surface area (Å²) in [6.07, 6.45) is 4.45. The molecule has 0 amide bonds. The molecule has 0 aromatic heterocycles. The van der Waals surface area contributed by atoms with Gasteiger partial charge in [-0.2, -0.15) is 0 Å². The van der Waals surface area contributed by atoms with Crippen molar-refractivity contribution in [1.82, 2.24) is 10.6 Å². The van der Waals surface area contributed by atoms with Gasteiger partial charge in [-0.1, -0.05) is 12.1 Å². The molecule has 28 heavy (non-hydrogen) atoms. The monoisotopic (exact) mass is 526 g/mol. The van der Waals surface area contributed by atoms with Crippen molar-refractivity contribution in [2.45, 2.75) is 45.6 Å². The van der Waals surface area contributed by atoms with Gasteiger partial charge in [-0.25, -0.2) is 8.42 Å². The van der Waals surface area contributed by atoms with Crippen LogP contribution >= 0.6 is 24.0 Å². The summed E-state index contributed by atoms with van der Waals surface area (Å²) in [4.78, 5) is 14.8. The van der Waals surface area contributed by atoms with Crippen LogP contribution < -0.4 is 10.6 Å². The smallest absolute Gasteiger partial charge is 0.269 e. The third-order valence-electron chi connectivity index (χ3n) is 3.94. The molecule has 0 saturated heterocycles. The molecule has 0 aliphatic rings. The van der Waals surface area contributed by atoms with E-state index in [1.165, 1.54) is 18.4 Å². The van der Waals surface area contributed by atoms with Crippen molar-refractivity contribution in [3.63, 3.8) is 0 Å². The number of nitrogens with one attached hydrogen (secondary N) is 2. The number of nitro groups is 1. The van der Waals surface area contributed by atoms with Crippen LogP contribution in [0.4, 0.5) is 5.69 Å². The molecule has 0 aliphatic carbocycles. The molecule has 8 nitrogen and oxygen atoms in total. The third kappa shape index (κ3) is 12.1. The van der Waals surface area contributed by atoms with Crippen molar-refractivity contribution in [1.29, 1.82) is 0 Å². The predicted molar refractivity (Wildman–Crippen MR) is 124 cm³/mol. The molecule has 0 spiro atoms. The molecule has 1 aromatic rings. The van der Waals surface area contributed by atoms with Gasteiger partial charge in [0, 0.05) is 37.5 Å². The Morgan fingerprint density at radius 1 is 1.25 bits per heavy atom. The molecular weight excluding hydrogens is 495 g/mol. The van der Waals surface area contributed by atoms with Crippen LogP contribution in [0.15, 0.2) is 29.3 Å². The lowest BCUT2D eigenvalue weighted by Gasteiger charge is -2.17. The van der Waals surface area contributed by atoms with Crippen molar-refractivity contribution in [2.24, 2.45) is 4.99 Å². The minimum atomic E-state index is -2.96. The van der Waals surface area contributed by atoms with E-state index in [0.29, 0.717) is 18.9 Å². The number of guanidine groups is 1. The summed E-state index contributed by atoms with van der Waals surface area (Å²) in [7, 11) is -2.96. The number of aryl methyl sites for hydroxylation is 1. The van der Waals surface area contributed by atoms with E-state index in [9.17, 15) is 18.5 Å². The number of non-ortho nitro benzene ring substituents is 1. The highest BCUT2D eigenvalue weighted by Crippen LogP contribution is 2.13. The zero-order valence-electron chi connectivity index (χ0n) is 16.7. The Morgan fingerprint density at radius 3 is 2.43 bits per heavy atom. The van der Waals surface area contributed by atoms with E-state index in [2.05, 4.69) is 15.6 Å². The van der Waals surface area contributed by atoms with Gasteiger partial charge in [-0.3, -0.25) is 15.1 Å². The van der Waals surface area contributed by atoms with Gasteiger partial charge in [-0.15, -0.1) is 24.0 Å². The lowest BCUT2D eigenvalue weighted by Crippen LogP contribution is -2.42. The first-order valence-corrected chi connectivity index (χ1v) is 11.2. The van der Waals surface area contributed by atoms with E-state index in [1.54, 1.807) is 12.1 Å². The molecular formula is C18H31IN4O4S. The fourth-order valence-corrected chi connectivity index (χ4v) is 3.21. The minimum Gasteiger partial charge on any atom is -0.357 e. The molecule has 1 unspecified atom stereocenters. The summed E-state index contributed by atoms with van der Waals surface area (Å²) in [6, 6.07) is 6.64. The van der Waals surface area contributed by atoms with Crippen LogP contribution in [-0.2, 0) is 16.3 Å². The number of hydrogen-bond donors (Lipinski definition) is 2. The standard InChI is InChI=1S/C18H30N4O4S.HI/c1-4-19-18(21-15(2)12-14-27(3,25)26)20-13-6-5-7-16-8-10-17(11-9-16)22(23)24;/h8-11,15H,4-7,12-14H2,1-3H3,(H2,19,20,21);1H. The van der Waals surface area contributed by atoms with E-state index < -0.39 is 14.8 Å². The first kappa shape index (κ1) is 26.6. The van der Waals surface area contributed by atoms with E-state index in [-0.39, 0.29) is 41.5 Å². The molecule has 1 rings (SSSR count). The number of halogens is 1. The maximum atomic E-state index is 11.3. The number of nitrogens with zero attached hydrogens (tertiary/aromatic N) is 2. The van der Waals surface area contributed by atoms with Crippen molar-refractivity contribution < 1.29 is 13.3 Å². The highest BCUT2D eigenvalue weighted by atomic mass is 127. The highest BCUT2D eigenvalue weighted by Gasteiger charge is 2.09. The van der Waals surface area contributed by atoms with Crippen LogP contribution in [0.3, 0.4) is 0 Å². The van der Waals surface area contributed by atoms with Gasteiger partial charge in [0.05, 0.1) is 10.7 Å². The van der Waals surface area contributed by atoms with Crippen molar-refractivity contribution >= 4 is 45.5 Å². The Kier molecular flexibility index (Phi) is 13.0. The number of nitro benzene ring substituents is 1. The first-order chi connectivity index (χ1) is 12.7. The Hall–Kier alpha value is -1.43. The quantitative estimate of drug-likeness (QED) is 0.115. The molecule has 10 heteroatoms. The number of rotatable bonds is 11. The van der Waals surface area contributed by atoms with Crippen LogP contribution in [0.25, 0.3) is 0 Å². The van der Waals surface area contributed by atoms with Crippen LogP contribution in [0.2, 0.25) is 0 Å². The number of hydrogen-bond acceptors (Lipinski definition) is 5. The van der Waals surface area contributed by atoms with Gasteiger partial charge < -0.3 is 10.6 Å². The van der Waals surface area contributed by atoms with E-state index in [4.69, 9.17) is 0 Å². The van der Waals surface area contributed by atoms with Crippen molar-refractivity contribution in [2.75, 3.05) is 25.1 Å². The summed E-state index contributed by atoms with van der Waals surface area (Å²) in [5.41, 5.74) is 1.18. The molecule has 0 aliphatic heterocycles. The second-order valence-corrected chi connectivity index (χ2v) is 8.87. The number of unbranched alkanes of at least 4 members (excludes halogenated alkanes) is 1. The Labute approximate surface area is 184 Å². The largest absolute Gasteiger partial charge is 0.357 e. The Bertz CT molecular complexity index is 724. The fourth-order valence-electron chi connectivity index (χ4n) is 2.43. The second kappa shape index (κ2) is 13.7. The van der Waals surface area contributed by atoms with Crippen molar-refractivity contribution in [3.05, 3.63) is 39.9 Å². The number of sulfone groups is 1. The van der Waals surface area contributed by atoms with Crippen LogP contribution in [0.5, 0.6) is 0 Å². The lowest BCUT2D eigenvalue weighted by molar-refractivity contribution is -0.384. The van der Waals surface area contributed by atoms with Gasteiger partial charge >= 0.3 is 0 Å². The van der Waals surface area contributed by atoms with Gasteiger partial charge in [0.15, 0.2) is 5.96 Å². The van der Waals surface area contributed by atoms with Crippen molar-refractivity contribution in [3.8, 4) is 0 Å². The number of benzene rings is 1. The SMILES string of the molecule is CCNC(=NCCCCc1ccc([N+](=O)[O-])cc1)NC(C)CCS(C)(=O)=O.I.